The Hall–Kier alpha value is -2.45. The van der Waals surface area contributed by atoms with E-state index in [4.69, 9.17) is 12.2 Å². The van der Waals surface area contributed by atoms with Crippen molar-refractivity contribution < 1.29 is 19.5 Å². The van der Waals surface area contributed by atoms with Crippen LogP contribution in [0, 0.1) is 5.92 Å². The van der Waals surface area contributed by atoms with Crippen LogP contribution in [0.25, 0.3) is 6.08 Å². The Morgan fingerprint density at radius 2 is 1.93 bits per heavy atom. The summed E-state index contributed by atoms with van der Waals surface area (Å²) < 4.78 is 0.277. The highest BCUT2D eigenvalue weighted by atomic mass is 32.2. The molecule has 2 N–H and O–H groups in total. The first-order valence-electron chi connectivity index (χ1n) is 9.18. The molecular formula is C21H24N2O4S2. The second kappa shape index (κ2) is 10.4. The van der Waals surface area contributed by atoms with Crippen molar-refractivity contribution in [2.45, 2.75) is 33.2 Å². The number of rotatable bonds is 8. The van der Waals surface area contributed by atoms with E-state index in [2.05, 4.69) is 5.32 Å². The van der Waals surface area contributed by atoms with Crippen LogP contribution >= 0.6 is 24.0 Å². The predicted octanol–water partition coefficient (Wildman–Crippen LogP) is 3.45. The van der Waals surface area contributed by atoms with Gasteiger partial charge in [0, 0.05) is 0 Å². The van der Waals surface area contributed by atoms with E-state index in [1.54, 1.807) is 6.08 Å². The summed E-state index contributed by atoms with van der Waals surface area (Å²) >= 11 is 6.37. The van der Waals surface area contributed by atoms with Crippen molar-refractivity contribution in [1.29, 1.82) is 0 Å². The van der Waals surface area contributed by atoms with E-state index in [1.165, 1.54) is 4.90 Å². The van der Waals surface area contributed by atoms with Gasteiger partial charge in [-0.05, 0) is 36.5 Å². The van der Waals surface area contributed by atoms with Crippen LogP contribution in [-0.4, -0.2) is 44.7 Å². The van der Waals surface area contributed by atoms with Gasteiger partial charge in [-0.15, -0.1) is 0 Å². The van der Waals surface area contributed by atoms with Gasteiger partial charge in [0.15, 0.2) is 0 Å². The van der Waals surface area contributed by atoms with E-state index in [9.17, 15) is 19.5 Å². The molecule has 6 nitrogen and oxygen atoms in total. The van der Waals surface area contributed by atoms with Gasteiger partial charge in [0.25, 0.3) is 5.91 Å². The average Bonchev–Trinajstić information content (AvgIpc) is 2.88. The van der Waals surface area contributed by atoms with Gasteiger partial charge in [-0.3, -0.25) is 14.5 Å². The largest absolute Gasteiger partial charge is 0.480 e. The summed E-state index contributed by atoms with van der Waals surface area (Å²) in [5.74, 6) is -1.90. The topological polar surface area (TPSA) is 86.7 Å². The number of carboxylic acids is 1. The number of thioether (sulfide) groups is 1. The zero-order valence-electron chi connectivity index (χ0n) is 16.5. The zero-order chi connectivity index (χ0) is 21.6. The molecule has 1 saturated heterocycles. The molecular weight excluding hydrogens is 408 g/mol. The van der Waals surface area contributed by atoms with E-state index in [1.807, 2.05) is 57.2 Å². The second-order valence-corrected chi connectivity index (χ2v) is 8.83. The Morgan fingerprint density at radius 3 is 2.52 bits per heavy atom. The lowest BCUT2D eigenvalue weighted by Crippen LogP contribution is -2.47. The number of carbonyl (C=O) groups excluding carboxylic acids is 2. The van der Waals surface area contributed by atoms with Crippen molar-refractivity contribution in [3.63, 3.8) is 0 Å². The summed E-state index contributed by atoms with van der Waals surface area (Å²) in [6.07, 6.45) is 3.99. The number of nitrogens with one attached hydrogen (secondary N) is 1. The quantitative estimate of drug-likeness (QED) is 0.483. The number of hydrogen-bond acceptors (Lipinski definition) is 5. The van der Waals surface area contributed by atoms with Gasteiger partial charge >= 0.3 is 5.97 Å². The Bertz CT molecular complexity index is 863. The van der Waals surface area contributed by atoms with Crippen molar-refractivity contribution >= 4 is 52.2 Å². The van der Waals surface area contributed by atoms with Gasteiger partial charge in [-0.2, -0.15) is 0 Å². The minimum Gasteiger partial charge on any atom is -0.480 e. The van der Waals surface area contributed by atoms with Gasteiger partial charge < -0.3 is 10.4 Å². The molecule has 0 bridgehead atoms. The number of carbonyl (C=O) groups is 3. The molecule has 2 amide bonds. The minimum absolute atomic E-state index is 0.107. The van der Waals surface area contributed by atoms with E-state index < -0.39 is 17.9 Å². The minimum atomic E-state index is -1.10. The molecule has 1 unspecified atom stereocenters. The normalized spacial score (nSPS) is 17.2. The zero-order valence-corrected chi connectivity index (χ0v) is 18.2. The smallest absolute Gasteiger partial charge is 0.326 e. The van der Waals surface area contributed by atoms with Gasteiger partial charge in [-0.25, -0.2) is 4.79 Å². The Labute approximate surface area is 180 Å². The number of aliphatic carboxylic acids is 1. The predicted molar refractivity (Wildman–Crippen MR) is 119 cm³/mol. The highest BCUT2D eigenvalue weighted by molar-refractivity contribution is 8.26. The molecule has 1 aromatic carbocycles. The molecule has 0 saturated carbocycles. The molecule has 8 heteroatoms. The molecule has 1 aliphatic heterocycles. The molecule has 0 aliphatic carbocycles. The van der Waals surface area contributed by atoms with Crippen LogP contribution in [0.4, 0.5) is 0 Å². The number of nitrogens with zero attached hydrogens (tertiary/aromatic N) is 1. The van der Waals surface area contributed by atoms with Crippen LogP contribution < -0.4 is 5.32 Å². The molecule has 1 fully saturated rings. The third kappa shape index (κ3) is 6.83. The number of hydrogen-bond donors (Lipinski definition) is 2. The summed E-state index contributed by atoms with van der Waals surface area (Å²) in [7, 11) is 0. The molecule has 0 radical (unpaired) electrons. The molecule has 1 atom stereocenters. The molecule has 0 spiro atoms. The van der Waals surface area contributed by atoms with Crippen molar-refractivity contribution in [3.05, 3.63) is 52.4 Å². The van der Waals surface area contributed by atoms with Crippen molar-refractivity contribution in [2.75, 3.05) is 6.54 Å². The maximum Gasteiger partial charge on any atom is 0.326 e. The summed E-state index contributed by atoms with van der Waals surface area (Å²) in [5.41, 5.74) is 1.89. The van der Waals surface area contributed by atoms with E-state index in [0.717, 1.165) is 22.9 Å². The van der Waals surface area contributed by atoms with Gasteiger partial charge in [0.1, 0.15) is 16.9 Å². The first-order valence-corrected chi connectivity index (χ1v) is 10.4. The number of carboxylic acid groups (broad SMARTS) is 1. The Balaban J connectivity index is 2.05. The van der Waals surface area contributed by atoms with Gasteiger partial charge in [-0.1, -0.05) is 74.2 Å². The molecule has 154 valence electrons. The first kappa shape index (κ1) is 22.8. The fourth-order valence-corrected chi connectivity index (χ4v) is 4.08. The van der Waals surface area contributed by atoms with Gasteiger partial charge in [0.2, 0.25) is 5.91 Å². The summed E-state index contributed by atoms with van der Waals surface area (Å²) in [6.45, 7) is 5.33. The fourth-order valence-electron chi connectivity index (χ4n) is 2.77. The summed E-state index contributed by atoms with van der Waals surface area (Å²) in [4.78, 5) is 37.9. The maximum atomic E-state index is 12.7. The molecule has 1 aliphatic rings. The summed E-state index contributed by atoms with van der Waals surface area (Å²) in [5, 5.41) is 11.7. The van der Waals surface area contributed by atoms with Gasteiger partial charge in [0.05, 0.1) is 4.91 Å². The lowest BCUT2D eigenvalue weighted by molar-refractivity contribution is -0.142. The number of benzene rings is 1. The number of thiocarbonyl (C=S) groups is 1. The number of allylic oxidation sites excluding steroid dienone is 2. The second-order valence-electron chi connectivity index (χ2n) is 7.15. The molecule has 2 rings (SSSR count). The van der Waals surface area contributed by atoms with Crippen molar-refractivity contribution in [3.8, 4) is 0 Å². The SMILES string of the molecule is CC(/C=C1\SC(=S)N(CC(=O)NC(CC(C)C)C(=O)O)C1=O)=C\c1ccccc1. The molecule has 0 aromatic heterocycles. The molecule has 29 heavy (non-hydrogen) atoms. The highest BCUT2D eigenvalue weighted by Gasteiger charge is 2.34. The maximum absolute atomic E-state index is 12.7. The van der Waals surface area contributed by atoms with Crippen LogP contribution in [0.5, 0.6) is 0 Å². The first-order chi connectivity index (χ1) is 13.7. The average molecular weight is 433 g/mol. The monoisotopic (exact) mass is 432 g/mol. The van der Waals surface area contributed by atoms with Crippen LogP contribution in [0.15, 0.2) is 46.9 Å². The summed E-state index contributed by atoms with van der Waals surface area (Å²) in [6, 6.07) is 8.72. The van der Waals surface area contributed by atoms with E-state index in [-0.39, 0.29) is 22.7 Å². The Morgan fingerprint density at radius 1 is 1.28 bits per heavy atom. The fraction of sp³-hybridized carbons (Fsp3) is 0.333. The van der Waals surface area contributed by atoms with Crippen molar-refractivity contribution in [2.24, 2.45) is 5.92 Å². The van der Waals surface area contributed by atoms with Crippen LogP contribution in [0.1, 0.15) is 32.8 Å². The third-order valence-electron chi connectivity index (χ3n) is 4.07. The lowest BCUT2D eigenvalue weighted by Gasteiger charge is -2.19. The molecule has 1 aromatic rings. The third-order valence-corrected chi connectivity index (χ3v) is 5.45. The molecule has 1 heterocycles. The standard InChI is InChI=1S/C21H24N2O4S2/c1-13(2)9-16(20(26)27)22-18(24)12-23-19(25)17(29-21(23)28)11-14(3)10-15-7-5-4-6-8-15/h4-8,10-11,13,16H,9,12H2,1-3H3,(H,22,24)(H,26,27)/b14-10+,17-11-. The van der Waals surface area contributed by atoms with Crippen molar-refractivity contribution in [1.82, 2.24) is 10.2 Å². The van der Waals surface area contributed by atoms with E-state index in [0.29, 0.717) is 11.3 Å². The van der Waals surface area contributed by atoms with Crippen LogP contribution in [0.3, 0.4) is 0 Å². The van der Waals surface area contributed by atoms with Crippen LogP contribution in [0.2, 0.25) is 0 Å². The highest BCUT2D eigenvalue weighted by Crippen LogP contribution is 2.31. The number of amides is 2. The van der Waals surface area contributed by atoms with Crippen LogP contribution in [-0.2, 0) is 14.4 Å². The Kier molecular flexibility index (Phi) is 8.16. The lowest BCUT2D eigenvalue weighted by atomic mass is 10.0. The van der Waals surface area contributed by atoms with E-state index >= 15 is 0 Å².